The maximum absolute atomic E-state index is 13.0. The van der Waals surface area contributed by atoms with Gasteiger partial charge in [-0.1, -0.05) is 20.8 Å². The molecular formula is C19H24N6O2. The van der Waals surface area contributed by atoms with Crippen molar-refractivity contribution in [3.05, 3.63) is 35.5 Å². The fraction of sp³-hybridized carbons (Fsp3) is 0.526. The van der Waals surface area contributed by atoms with Crippen molar-refractivity contribution in [1.82, 2.24) is 30.4 Å². The van der Waals surface area contributed by atoms with Gasteiger partial charge in [-0.2, -0.15) is 5.10 Å². The summed E-state index contributed by atoms with van der Waals surface area (Å²) in [6, 6.07) is 1.14. The monoisotopic (exact) mass is 368 g/mol. The molecule has 3 atom stereocenters. The van der Waals surface area contributed by atoms with Gasteiger partial charge in [-0.15, -0.1) is 0 Å². The van der Waals surface area contributed by atoms with Gasteiger partial charge in [0.15, 0.2) is 11.5 Å². The number of fused-ring (bicyclic) bond motifs is 3. The first-order valence-electron chi connectivity index (χ1n) is 9.22. The molecule has 2 aliphatic carbocycles. The van der Waals surface area contributed by atoms with Crippen molar-refractivity contribution in [2.24, 2.45) is 11.3 Å². The molecule has 2 aliphatic rings. The molecule has 0 spiro atoms. The minimum Gasteiger partial charge on any atom is -0.357 e. The highest BCUT2D eigenvalue weighted by Crippen LogP contribution is 2.57. The van der Waals surface area contributed by atoms with Gasteiger partial charge in [0.25, 0.3) is 5.91 Å². The first-order chi connectivity index (χ1) is 12.8. The second kappa shape index (κ2) is 6.14. The van der Waals surface area contributed by atoms with Crippen molar-refractivity contribution in [3.63, 3.8) is 0 Å². The molecule has 4 rings (SSSR count). The van der Waals surface area contributed by atoms with Gasteiger partial charge in [0.1, 0.15) is 12.4 Å². The molecule has 2 heterocycles. The van der Waals surface area contributed by atoms with Gasteiger partial charge >= 0.3 is 0 Å². The predicted octanol–water partition coefficient (Wildman–Crippen LogP) is 1.21. The minimum atomic E-state index is -0.647. The van der Waals surface area contributed by atoms with E-state index in [9.17, 15) is 9.59 Å². The molecule has 0 aromatic carbocycles. The fourth-order valence-corrected chi connectivity index (χ4v) is 3.90. The Bertz CT molecular complexity index is 899. The van der Waals surface area contributed by atoms with E-state index < -0.39 is 11.5 Å². The van der Waals surface area contributed by atoms with Crippen LogP contribution in [0.4, 0.5) is 0 Å². The molecule has 142 valence electrons. The second-order valence-corrected chi connectivity index (χ2v) is 8.38. The van der Waals surface area contributed by atoms with Crippen LogP contribution in [0.15, 0.2) is 18.6 Å². The molecule has 0 aliphatic heterocycles. The number of carbonyl (C=O) groups is 2. The zero-order chi connectivity index (χ0) is 19.3. The number of hydrogen-bond acceptors (Lipinski definition) is 5. The lowest BCUT2D eigenvalue weighted by atomic mass is 9.86. The lowest BCUT2D eigenvalue weighted by molar-refractivity contribution is -0.124. The fourth-order valence-electron chi connectivity index (χ4n) is 3.90. The van der Waals surface area contributed by atoms with E-state index in [0.29, 0.717) is 23.3 Å². The Morgan fingerprint density at radius 1 is 1.33 bits per heavy atom. The molecule has 0 unspecified atom stereocenters. The SMILES string of the molecule is CNC(=O)[C@@H](NC(=O)c1nn(-c2ccncn2)c2c1C[C@H]1C[C@@H]21)C(C)(C)C. The molecule has 2 aromatic heterocycles. The van der Waals surface area contributed by atoms with Crippen LogP contribution in [0.5, 0.6) is 0 Å². The molecule has 1 saturated carbocycles. The van der Waals surface area contributed by atoms with Crippen molar-refractivity contribution in [2.75, 3.05) is 7.05 Å². The van der Waals surface area contributed by atoms with Crippen molar-refractivity contribution in [2.45, 2.75) is 45.6 Å². The molecule has 0 radical (unpaired) electrons. The Morgan fingerprint density at radius 3 is 2.74 bits per heavy atom. The summed E-state index contributed by atoms with van der Waals surface area (Å²) in [5.41, 5.74) is 2.04. The molecule has 2 aromatic rings. The molecule has 0 bridgehead atoms. The van der Waals surface area contributed by atoms with Gasteiger partial charge in [0, 0.05) is 30.8 Å². The highest BCUT2D eigenvalue weighted by molar-refractivity contribution is 5.98. The van der Waals surface area contributed by atoms with Gasteiger partial charge < -0.3 is 10.6 Å². The molecule has 0 saturated heterocycles. The quantitative estimate of drug-likeness (QED) is 0.845. The van der Waals surface area contributed by atoms with Crippen LogP contribution in [-0.2, 0) is 11.2 Å². The van der Waals surface area contributed by atoms with E-state index in [4.69, 9.17) is 0 Å². The Balaban J connectivity index is 1.69. The molecule has 27 heavy (non-hydrogen) atoms. The van der Waals surface area contributed by atoms with Crippen molar-refractivity contribution in [3.8, 4) is 5.82 Å². The van der Waals surface area contributed by atoms with Gasteiger partial charge in [-0.3, -0.25) is 9.59 Å². The van der Waals surface area contributed by atoms with Crippen LogP contribution in [0.3, 0.4) is 0 Å². The van der Waals surface area contributed by atoms with Crippen molar-refractivity contribution < 1.29 is 9.59 Å². The van der Waals surface area contributed by atoms with Gasteiger partial charge in [0.2, 0.25) is 5.91 Å². The number of rotatable bonds is 4. The smallest absolute Gasteiger partial charge is 0.272 e. The number of nitrogens with zero attached hydrogens (tertiary/aromatic N) is 4. The Kier molecular flexibility index (Phi) is 4.01. The summed E-state index contributed by atoms with van der Waals surface area (Å²) in [4.78, 5) is 33.6. The van der Waals surface area contributed by atoms with E-state index in [-0.39, 0.29) is 11.8 Å². The molecule has 8 nitrogen and oxygen atoms in total. The highest BCUT2D eigenvalue weighted by atomic mass is 16.2. The summed E-state index contributed by atoms with van der Waals surface area (Å²) < 4.78 is 1.77. The number of amides is 2. The van der Waals surface area contributed by atoms with Crippen LogP contribution >= 0.6 is 0 Å². The Labute approximate surface area is 157 Å². The van der Waals surface area contributed by atoms with Crippen LogP contribution in [-0.4, -0.2) is 44.7 Å². The Hall–Kier alpha value is -2.77. The number of nitrogens with one attached hydrogen (secondary N) is 2. The third-order valence-corrected chi connectivity index (χ3v) is 5.41. The first kappa shape index (κ1) is 17.6. The number of aromatic nitrogens is 4. The second-order valence-electron chi connectivity index (χ2n) is 8.38. The number of carbonyl (C=O) groups excluding carboxylic acids is 2. The van der Waals surface area contributed by atoms with Crippen LogP contribution in [0.2, 0.25) is 0 Å². The molecule has 2 N–H and O–H groups in total. The van der Waals surface area contributed by atoms with Crippen molar-refractivity contribution in [1.29, 1.82) is 0 Å². The topological polar surface area (TPSA) is 102 Å². The minimum absolute atomic E-state index is 0.217. The number of likely N-dealkylation sites (N-methyl/N-ethyl adjacent to an activating group) is 1. The van der Waals surface area contributed by atoms with Crippen LogP contribution in [0, 0.1) is 11.3 Å². The van der Waals surface area contributed by atoms with Crippen molar-refractivity contribution >= 4 is 11.8 Å². The standard InChI is InChI=1S/C19H24N6O2/c1-19(2,3)16(18(27)20-4)23-17(26)14-12-8-10-7-11(10)15(12)25(24-14)13-5-6-21-9-22-13/h5-6,9-11,16H,7-8H2,1-4H3,(H,20,27)(H,23,26)/t10-,11-,16-/m1/s1. The van der Waals surface area contributed by atoms with E-state index in [2.05, 4.69) is 25.7 Å². The summed E-state index contributed by atoms with van der Waals surface area (Å²) in [5.74, 6) is 1.16. The maximum Gasteiger partial charge on any atom is 0.272 e. The summed E-state index contributed by atoms with van der Waals surface area (Å²) in [6.07, 6.45) is 5.13. The van der Waals surface area contributed by atoms with Crippen LogP contribution in [0.1, 0.15) is 54.9 Å². The van der Waals surface area contributed by atoms with Gasteiger partial charge in [-0.25, -0.2) is 14.6 Å². The zero-order valence-electron chi connectivity index (χ0n) is 16.0. The summed E-state index contributed by atoms with van der Waals surface area (Å²) in [7, 11) is 1.57. The summed E-state index contributed by atoms with van der Waals surface area (Å²) in [6.45, 7) is 5.77. The van der Waals surface area contributed by atoms with Gasteiger partial charge in [-0.05, 0) is 24.2 Å². The van der Waals surface area contributed by atoms with E-state index in [1.54, 1.807) is 24.0 Å². The highest BCUT2D eigenvalue weighted by Gasteiger charge is 2.50. The third kappa shape index (κ3) is 2.98. The van der Waals surface area contributed by atoms with E-state index in [0.717, 1.165) is 24.1 Å². The molecule has 1 fully saturated rings. The third-order valence-electron chi connectivity index (χ3n) is 5.41. The largest absolute Gasteiger partial charge is 0.357 e. The average Bonchev–Trinajstić information content (AvgIpc) is 3.14. The molecule has 2 amide bonds. The van der Waals surface area contributed by atoms with E-state index in [1.807, 2.05) is 20.8 Å². The van der Waals surface area contributed by atoms with Crippen LogP contribution in [0.25, 0.3) is 5.82 Å². The lowest BCUT2D eigenvalue weighted by Crippen LogP contribution is -2.53. The molecule has 8 heteroatoms. The van der Waals surface area contributed by atoms with E-state index >= 15 is 0 Å². The average molecular weight is 368 g/mol. The predicted molar refractivity (Wildman–Crippen MR) is 98.5 cm³/mol. The maximum atomic E-state index is 13.0. The normalized spacial score (nSPS) is 21.2. The van der Waals surface area contributed by atoms with Gasteiger partial charge in [0.05, 0.1) is 5.69 Å². The first-order valence-corrected chi connectivity index (χ1v) is 9.22. The lowest BCUT2D eigenvalue weighted by Gasteiger charge is -2.29. The number of hydrogen-bond donors (Lipinski definition) is 2. The Morgan fingerprint density at radius 2 is 2.11 bits per heavy atom. The van der Waals surface area contributed by atoms with E-state index in [1.165, 1.54) is 6.33 Å². The molecular weight excluding hydrogens is 344 g/mol. The van der Waals surface area contributed by atoms with Crippen LogP contribution < -0.4 is 10.6 Å². The zero-order valence-corrected chi connectivity index (χ0v) is 16.0. The summed E-state index contributed by atoms with van der Waals surface area (Å²) in [5, 5.41) is 10.1. The summed E-state index contributed by atoms with van der Waals surface area (Å²) >= 11 is 0.